The maximum Gasteiger partial charge on any atom is 0.0431 e. The summed E-state index contributed by atoms with van der Waals surface area (Å²) in [6.45, 7) is 2.67. The predicted molar refractivity (Wildman–Crippen MR) is 72.1 cm³/mol. The molecule has 0 aliphatic carbocycles. The molecule has 3 atom stereocenters. The molecule has 2 saturated heterocycles. The van der Waals surface area contributed by atoms with Crippen molar-refractivity contribution >= 4 is 0 Å². The molecule has 2 heteroatoms. The summed E-state index contributed by atoms with van der Waals surface area (Å²) in [5, 5.41) is 9.03. The number of fused-ring (bicyclic) bond motifs is 1. The average molecular weight is 239 g/mol. The van der Waals surface area contributed by atoms with E-state index in [4.69, 9.17) is 5.11 Å². The largest absolute Gasteiger partial charge is 0.396 e. The maximum atomic E-state index is 9.03. The minimum Gasteiger partial charge on any atom is -0.396 e. The van der Waals surface area contributed by atoms with E-state index in [-0.39, 0.29) is 0 Å². The van der Waals surface area contributed by atoms with Gasteiger partial charge in [0.2, 0.25) is 0 Å². The molecular formula is C15H29NO. The van der Waals surface area contributed by atoms with Crippen molar-refractivity contribution in [2.45, 2.75) is 89.3 Å². The topological polar surface area (TPSA) is 23.5 Å². The van der Waals surface area contributed by atoms with Gasteiger partial charge in [-0.3, -0.25) is 4.90 Å². The Labute approximate surface area is 106 Å². The fraction of sp³-hybridized carbons (Fsp3) is 1.00. The summed E-state index contributed by atoms with van der Waals surface area (Å²) >= 11 is 0. The molecule has 2 fully saturated rings. The highest BCUT2D eigenvalue weighted by atomic mass is 16.2. The van der Waals surface area contributed by atoms with Crippen molar-refractivity contribution in [3.8, 4) is 0 Å². The van der Waals surface area contributed by atoms with E-state index < -0.39 is 0 Å². The van der Waals surface area contributed by atoms with E-state index in [1.54, 1.807) is 0 Å². The summed E-state index contributed by atoms with van der Waals surface area (Å²) in [6, 6.07) is 2.53. The summed E-state index contributed by atoms with van der Waals surface area (Å²) in [4.78, 5) is 2.86. The van der Waals surface area contributed by atoms with Crippen molar-refractivity contribution in [2.75, 3.05) is 6.61 Å². The third kappa shape index (κ3) is 3.23. The third-order valence-corrected chi connectivity index (χ3v) is 4.76. The van der Waals surface area contributed by atoms with Gasteiger partial charge in [0.15, 0.2) is 0 Å². The lowest BCUT2D eigenvalue weighted by atomic mass is 9.93. The molecule has 0 unspecified atom stereocenters. The smallest absolute Gasteiger partial charge is 0.0431 e. The fourth-order valence-corrected chi connectivity index (χ4v) is 3.96. The van der Waals surface area contributed by atoms with Crippen molar-refractivity contribution in [3.05, 3.63) is 0 Å². The number of hydrogen-bond donors (Lipinski definition) is 1. The van der Waals surface area contributed by atoms with E-state index in [1.165, 1.54) is 57.8 Å². The zero-order valence-electron chi connectivity index (χ0n) is 11.4. The predicted octanol–water partition coefficient (Wildman–Crippen LogP) is 3.33. The zero-order chi connectivity index (χ0) is 12.1. The first-order valence-corrected chi connectivity index (χ1v) is 7.75. The lowest BCUT2D eigenvalue weighted by molar-refractivity contribution is 0.0674. The van der Waals surface area contributed by atoms with E-state index in [2.05, 4.69) is 11.8 Å². The molecule has 0 aromatic heterocycles. The van der Waals surface area contributed by atoms with Crippen LogP contribution >= 0.6 is 0 Å². The minimum absolute atomic E-state index is 0.370. The van der Waals surface area contributed by atoms with E-state index >= 15 is 0 Å². The van der Waals surface area contributed by atoms with Gasteiger partial charge in [-0.1, -0.05) is 26.2 Å². The van der Waals surface area contributed by atoms with Crippen LogP contribution in [-0.2, 0) is 0 Å². The lowest BCUT2D eigenvalue weighted by Crippen LogP contribution is -2.47. The van der Waals surface area contributed by atoms with Crippen LogP contribution in [0.3, 0.4) is 0 Å². The second-order valence-electron chi connectivity index (χ2n) is 5.93. The molecule has 0 spiro atoms. The molecule has 100 valence electrons. The Kier molecular flexibility index (Phi) is 5.30. The SMILES string of the molecule is CCCC[C@H]1CC[C@@H]2CCC[C@H](CCCO)N12. The Morgan fingerprint density at radius 2 is 1.76 bits per heavy atom. The minimum atomic E-state index is 0.370. The van der Waals surface area contributed by atoms with Crippen molar-refractivity contribution in [1.29, 1.82) is 0 Å². The molecule has 0 saturated carbocycles. The van der Waals surface area contributed by atoms with Gasteiger partial charge in [-0.05, 0) is 44.9 Å². The van der Waals surface area contributed by atoms with Gasteiger partial charge in [0.25, 0.3) is 0 Å². The number of hydrogen-bond acceptors (Lipinski definition) is 2. The molecule has 1 N–H and O–H groups in total. The van der Waals surface area contributed by atoms with Gasteiger partial charge in [-0.15, -0.1) is 0 Å². The lowest BCUT2D eigenvalue weighted by Gasteiger charge is -2.41. The monoisotopic (exact) mass is 239 g/mol. The molecule has 17 heavy (non-hydrogen) atoms. The second-order valence-corrected chi connectivity index (χ2v) is 5.93. The standard InChI is InChI=1S/C15H29NO/c1-2-3-6-14-10-11-15-8-4-7-13(16(14)15)9-5-12-17/h13-15,17H,2-12H2,1H3/t13-,14+,15+/m1/s1. The molecule has 0 radical (unpaired) electrons. The van der Waals surface area contributed by atoms with Gasteiger partial charge >= 0.3 is 0 Å². The third-order valence-electron chi connectivity index (χ3n) is 4.76. The fourth-order valence-electron chi connectivity index (χ4n) is 3.96. The summed E-state index contributed by atoms with van der Waals surface area (Å²) < 4.78 is 0. The number of aliphatic hydroxyl groups excluding tert-OH is 1. The molecule has 2 rings (SSSR count). The first kappa shape index (κ1) is 13.4. The van der Waals surface area contributed by atoms with Gasteiger partial charge in [0.05, 0.1) is 0 Å². The van der Waals surface area contributed by atoms with E-state index in [9.17, 15) is 0 Å². The van der Waals surface area contributed by atoms with Crippen LogP contribution in [-0.4, -0.2) is 34.7 Å². The van der Waals surface area contributed by atoms with Crippen molar-refractivity contribution in [3.63, 3.8) is 0 Å². The summed E-state index contributed by atoms with van der Waals surface area (Å²) in [6.07, 6.45) is 13.4. The van der Waals surface area contributed by atoms with Crippen molar-refractivity contribution < 1.29 is 5.11 Å². The Balaban J connectivity index is 1.91. The molecule has 0 aromatic carbocycles. The number of unbranched alkanes of at least 4 members (excludes halogenated alkanes) is 1. The maximum absolute atomic E-state index is 9.03. The van der Waals surface area contributed by atoms with Crippen LogP contribution in [0.1, 0.15) is 71.1 Å². The second kappa shape index (κ2) is 6.75. The molecule has 2 heterocycles. The number of piperidine rings is 1. The Hall–Kier alpha value is -0.0800. The van der Waals surface area contributed by atoms with Crippen LogP contribution < -0.4 is 0 Å². The first-order chi connectivity index (χ1) is 8.36. The molecule has 0 aromatic rings. The van der Waals surface area contributed by atoms with Crippen molar-refractivity contribution in [1.82, 2.24) is 4.90 Å². The van der Waals surface area contributed by atoms with Gasteiger partial charge in [0, 0.05) is 24.7 Å². The van der Waals surface area contributed by atoms with Crippen LogP contribution in [0.15, 0.2) is 0 Å². The first-order valence-electron chi connectivity index (χ1n) is 7.75. The highest BCUT2D eigenvalue weighted by Crippen LogP contribution is 2.38. The molecule has 2 aliphatic heterocycles. The number of nitrogens with zero attached hydrogens (tertiary/aromatic N) is 1. The van der Waals surface area contributed by atoms with Gasteiger partial charge < -0.3 is 5.11 Å². The molecule has 2 aliphatic rings. The Bertz CT molecular complexity index is 219. The van der Waals surface area contributed by atoms with Gasteiger partial charge in [0.1, 0.15) is 0 Å². The quantitative estimate of drug-likeness (QED) is 0.768. The molecule has 0 amide bonds. The van der Waals surface area contributed by atoms with Crippen LogP contribution in [0.5, 0.6) is 0 Å². The van der Waals surface area contributed by atoms with Crippen LogP contribution in [0.2, 0.25) is 0 Å². The molecule has 0 bridgehead atoms. The summed E-state index contributed by atoms with van der Waals surface area (Å²) in [5.74, 6) is 0. The summed E-state index contributed by atoms with van der Waals surface area (Å²) in [5.41, 5.74) is 0. The highest BCUT2D eigenvalue weighted by molar-refractivity contribution is 4.94. The molecular weight excluding hydrogens is 210 g/mol. The molecule has 2 nitrogen and oxygen atoms in total. The van der Waals surface area contributed by atoms with Crippen LogP contribution in [0, 0.1) is 0 Å². The van der Waals surface area contributed by atoms with Gasteiger partial charge in [-0.25, -0.2) is 0 Å². The van der Waals surface area contributed by atoms with Crippen molar-refractivity contribution in [2.24, 2.45) is 0 Å². The van der Waals surface area contributed by atoms with Crippen LogP contribution in [0.25, 0.3) is 0 Å². The number of rotatable bonds is 6. The van der Waals surface area contributed by atoms with Crippen LogP contribution in [0.4, 0.5) is 0 Å². The Morgan fingerprint density at radius 3 is 2.53 bits per heavy atom. The van der Waals surface area contributed by atoms with E-state index in [0.29, 0.717) is 6.61 Å². The van der Waals surface area contributed by atoms with Gasteiger partial charge in [-0.2, -0.15) is 0 Å². The normalized spacial score (nSPS) is 33.9. The zero-order valence-corrected chi connectivity index (χ0v) is 11.4. The highest BCUT2D eigenvalue weighted by Gasteiger charge is 2.39. The summed E-state index contributed by atoms with van der Waals surface area (Å²) in [7, 11) is 0. The number of aliphatic hydroxyl groups is 1. The van der Waals surface area contributed by atoms with E-state index in [1.807, 2.05) is 0 Å². The average Bonchev–Trinajstić information content (AvgIpc) is 2.77. The van der Waals surface area contributed by atoms with E-state index in [0.717, 1.165) is 24.5 Å². The Morgan fingerprint density at radius 1 is 1.00 bits per heavy atom.